The Balaban J connectivity index is 1.83. The standard InChI is InChI=1S/C23H32N5O2S2/c1-5-16-12-18(26(3)4)14-20-22(16)25-23-17(6-2)13-19(15-21(23)31-20)27-8-7-9-28(11-10-27)32(24,29)30/h12-15H,5-11H2,1-4H3,(H2,24,29,30)/q+1. The molecule has 0 spiro atoms. The molecule has 0 bridgehead atoms. The van der Waals surface area contributed by atoms with Gasteiger partial charge in [-0.25, -0.2) is 14.7 Å². The van der Waals surface area contributed by atoms with E-state index in [1.54, 1.807) is 11.3 Å². The van der Waals surface area contributed by atoms with Gasteiger partial charge in [0.2, 0.25) is 5.36 Å². The zero-order valence-corrected chi connectivity index (χ0v) is 20.9. The molecule has 0 atom stereocenters. The van der Waals surface area contributed by atoms with Gasteiger partial charge in [-0.15, -0.1) is 11.3 Å². The third-order valence-corrected chi connectivity index (χ3v) is 8.33. The molecular weight excluding hydrogens is 442 g/mol. The topological polar surface area (TPSA) is 82.5 Å². The smallest absolute Gasteiger partial charge is 0.276 e. The molecule has 7 nitrogen and oxygen atoms in total. The van der Waals surface area contributed by atoms with Crippen LogP contribution in [0.2, 0.25) is 0 Å². The lowest BCUT2D eigenvalue weighted by Gasteiger charge is -2.24. The van der Waals surface area contributed by atoms with Gasteiger partial charge in [0.05, 0.1) is 20.8 Å². The quantitative estimate of drug-likeness (QED) is 0.465. The van der Waals surface area contributed by atoms with E-state index < -0.39 is 10.2 Å². The van der Waals surface area contributed by atoms with Gasteiger partial charge in [0.15, 0.2) is 0 Å². The minimum Gasteiger partial charge on any atom is -0.370 e. The average molecular weight is 475 g/mol. The summed E-state index contributed by atoms with van der Waals surface area (Å²) in [4.78, 5) is 8.60. The van der Waals surface area contributed by atoms with Crippen molar-refractivity contribution in [3.63, 3.8) is 0 Å². The Morgan fingerprint density at radius 2 is 1.78 bits per heavy atom. The first kappa shape index (κ1) is 23.1. The SMILES string of the molecule is CCc1cc(=[N+](C)C)cc2sc3cc(N4CCCN(S(N)(=O)=O)CC4)cc(CC)c3nc1-2. The van der Waals surface area contributed by atoms with Crippen LogP contribution in [0.15, 0.2) is 24.3 Å². The van der Waals surface area contributed by atoms with Gasteiger partial charge >= 0.3 is 0 Å². The van der Waals surface area contributed by atoms with Crippen LogP contribution < -0.4 is 20.0 Å². The minimum absolute atomic E-state index is 0.407. The molecule has 1 aliphatic carbocycles. The predicted octanol–water partition coefficient (Wildman–Crippen LogP) is 2.27. The fourth-order valence-corrected chi connectivity index (χ4v) is 6.19. The van der Waals surface area contributed by atoms with E-state index in [4.69, 9.17) is 10.1 Å². The lowest BCUT2D eigenvalue weighted by molar-refractivity contribution is 0.434. The van der Waals surface area contributed by atoms with Gasteiger partial charge in [0.1, 0.15) is 14.1 Å². The van der Waals surface area contributed by atoms with Gasteiger partial charge in [-0.1, -0.05) is 13.8 Å². The van der Waals surface area contributed by atoms with Crippen LogP contribution in [0.5, 0.6) is 0 Å². The van der Waals surface area contributed by atoms with E-state index in [0.717, 1.165) is 47.4 Å². The number of nitrogens with zero attached hydrogens (tertiary/aromatic N) is 4. The summed E-state index contributed by atoms with van der Waals surface area (Å²) in [5.74, 6) is 0. The Morgan fingerprint density at radius 3 is 2.44 bits per heavy atom. The van der Waals surface area contributed by atoms with E-state index in [1.807, 2.05) is 0 Å². The van der Waals surface area contributed by atoms with Crippen molar-refractivity contribution in [2.45, 2.75) is 33.1 Å². The molecule has 2 N–H and O–H groups in total. The Bertz CT molecular complexity index is 1300. The van der Waals surface area contributed by atoms with E-state index in [0.29, 0.717) is 19.6 Å². The van der Waals surface area contributed by atoms with Crippen LogP contribution >= 0.6 is 11.3 Å². The van der Waals surface area contributed by atoms with Crippen molar-refractivity contribution >= 4 is 37.5 Å². The number of nitrogens with two attached hydrogens (primary N) is 1. The molecule has 0 unspecified atom stereocenters. The molecule has 172 valence electrons. The second-order valence-electron chi connectivity index (χ2n) is 8.50. The molecule has 0 aromatic heterocycles. The zero-order chi connectivity index (χ0) is 23.0. The number of fused-ring (bicyclic) bond motifs is 2. The molecule has 0 saturated carbocycles. The zero-order valence-electron chi connectivity index (χ0n) is 19.3. The number of aromatic nitrogens is 1. The molecule has 3 aliphatic rings. The molecule has 1 fully saturated rings. The van der Waals surface area contributed by atoms with Crippen LogP contribution in [0, 0.1) is 0 Å². The third kappa shape index (κ3) is 4.52. The van der Waals surface area contributed by atoms with Crippen molar-refractivity contribution < 1.29 is 8.42 Å². The van der Waals surface area contributed by atoms with E-state index in [1.165, 1.54) is 25.7 Å². The summed E-state index contributed by atoms with van der Waals surface area (Å²) in [5.41, 5.74) is 5.79. The number of hydrogen-bond donors (Lipinski definition) is 1. The normalized spacial score (nSPS) is 16.0. The molecule has 32 heavy (non-hydrogen) atoms. The van der Waals surface area contributed by atoms with Gasteiger partial charge in [-0.05, 0) is 42.5 Å². The largest absolute Gasteiger partial charge is 0.370 e. The Morgan fingerprint density at radius 1 is 1.03 bits per heavy atom. The first-order chi connectivity index (χ1) is 15.2. The van der Waals surface area contributed by atoms with Gasteiger partial charge in [-0.3, -0.25) is 0 Å². The highest BCUT2D eigenvalue weighted by Gasteiger charge is 2.23. The van der Waals surface area contributed by atoms with E-state index in [9.17, 15) is 8.42 Å². The highest BCUT2D eigenvalue weighted by molar-refractivity contribution is 7.86. The van der Waals surface area contributed by atoms with Gasteiger partial charge in [0.25, 0.3) is 10.2 Å². The van der Waals surface area contributed by atoms with Crippen LogP contribution in [0.4, 0.5) is 5.69 Å². The predicted molar refractivity (Wildman–Crippen MR) is 134 cm³/mol. The number of aryl methyl sites for hydroxylation is 2. The summed E-state index contributed by atoms with van der Waals surface area (Å²) in [6.07, 6.45) is 2.59. The molecule has 1 saturated heterocycles. The van der Waals surface area contributed by atoms with Gasteiger partial charge in [0, 0.05) is 44.0 Å². The molecular formula is C23H32N5O2S2+. The lowest BCUT2D eigenvalue weighted by atomic mass is 10.1. The van der Waals surface area contributed by atoms with Crippen molar-refractivity contribution in [3.05, 3.63) is 40.7 Å². The number of hydrogen-bond acceptors (Lipinski definition) is 5. The van der Waals surface area contributed by atoms with Gasteiger partial charge in [-0.2, -0.15) is 12.7 Å². The summed E-state index contributed by atoms with van der Waals surface area (Å²) >= 11 is 1.79. The summed E-state index contributed by atoms with van der Waals surface area (Å²) in [5, 5.41) is 6.55. The number of anilines is 1. The van der Waals surface area contributed by atoms with Crippen LogP contribution in [0.1, 0.15) is 31.4 Å². The van der Waals surface area contributed by atoms with Gasteiger partial charge < -0.3 is 4.90 Å². The van der Waals surface area contributed by atoms with Crippen molar-refractivity contribution in [2.75, 3.05) is 45.2 Å². The van der Waals surface area contributed by atoms with Crippen molar-refractivity contribution in [1.82, 2.24) is 13.9 Å². The second kappa shape index (κ2) is 9.05. The maximum absolute atomic E-state index is 11.8. The molecule has 9 heteroatoms. The third-order valence-electron chi connectivity index (χ3n) is 6.18. The van der Waals surface area contributed by atoms with E-state index in [-0.39, 0.29) is 0 Å². The molecule has 0 amide bonds. The van der Waals surface area contributed by atoms with Crippen molar-refractivity contribution in [3.8, 4) is 10.6 Å². The fraction of sp³-hybridized carbons (Fsp3) is 0.478. The van der Waals surface area contributed by atoms with Crippen LogP contribution in [-0.2, 0) is 23.1 Å². The monoisotopic (exact) mass is 474 g/mol. The highest BCUT2D eigenvalue weighted by atomic mass is 32.2. The first-order valence-electron chi connectivity index (χ1n) is 11.1. The summed E-state index contributed by atoms with van der Waals surface area (Å²) < 4.78 is 28.2. The Labute approximate surface area is 194 Å². The number of rotatable bonds is 4. The Kier molecular flexibility index (Phi) is 6.53. The Hall–Kier alpha value is -2.07. The van der Waals surface area contributed by atoms with Crippen LogP contribution in [0.25, 0.3) is 20.8 Å². The molecule has 2 aliphatic heterocycles. The highest BCUT2D eigenvalue weighted by Crippen LogP contribution is 2.36. The van der Waals surface area contributed by atoms with Crippen LogP contribution in [-0.4, -0.2) is 58.0 Å². The van der Waals surface area contributed by atoms with Crippen LogP contribution in [0.3, 0.4) is 0 Å². The van der Waals surface area contributed by atoms with Crippen molar-refractivity contribution in [1.29, 1.82) is 0 Å². The number of benzene rings is 2. The summed E-state index contributed by atoms with van der Waals surface area (Å²) in [6.45, 7) is 6.64. The molecule has 1 aromatic rings. The average Bonchev–Trinajstić information content (AvgIpc) is 3.02. The van der Waals surface area contributed by atoms with E-state index in [2.05, 4.69) is 61.7 Å². The molecule has 0 radical (unpaired) electrons. The minimum atomic E-state index is -3.65. The lowest BCUT2D eigenvalue weighted by Crippen LogP contribution is -2.39. The maximum atomic E-state index is 11.8. The second-order valence-corrected chi connectivity index (χ2v) is 11.1. The van der Waals surface area contributed by atoms with E-state index >= 15 is 0 Å². The maximum Gasteiger partial charge on any atom is 0.276 e. The molecule has 4 rings (SSSR count). The molecule has 1 aromatic carbocycles. The molecule has 2 heterocycles. The summed E-state index contributed by atoms with van der Waals surface area (Å²) in [7, 11) is 0.484. The fourth-order valence-electron chi connectivity index (χ4n) is 4.32. The first-order valence-corrected chi connectivity index (χ1v) is 13.5. The van der Waals surface area contributed by atoms with Crippen molar-refractivity contribution in [2.24, 2.45) is 5.14 Å². The summed E-state index contributed by atoms with van der Waals surface area (Å²) in [6, 6.07) is 8.90.